The van der Waals surface area contributed by atoms with E-state index in [2.05, 4.69) is 39.6 Å². The number of aromatic nitrogens is 2. The molecule has 4 heteroatoms. The Kier molecular flexibility index (Phi) is 2.91. The minimum Gasteiger partial charge on any atom is -0.472 e. The fraction of sp³-hybridized carbons (Fsp3) is 0.316. The Hall–Kier alpha value is -2.33. The average Bonchev–Trinajstić information content (AvgIpc) is 2.97. The molecule has 4 nitrogen and oxygen atoms in total. The van der Waals surface area contributed by atoms with E-state index in [9.17, 15) is 0 Å². The molecule has 23 heavy (non-hydrogen) atoms. The molecule has 1 saturated heterocycles. The van der Waals surface area contributed by atoms with Crippen molar-refractivity contribution in [1.29, 1.82) is 0 Å². The number of para-hydroxylation sites is 1. The van der Waals surface area contributed by atoms with Crippen molar-refractivity contribution in [3.05, 3.63) is 59.9 Å². The molecule has 2 bridgehead atoms. The van der Waals surface area contributed by atoms with E-state index in [0.717, 1.165) is 19.4 Å². The zero-order valence-corrected chi connectivity index (χ0v) is 12.8. The van der Waals surface area contributed by atoms with Gasteiger partial charge in [-0.2, -0.15) is 0 Å². The highest BCUT2D eigenvalue weighted by molar-refractivity contribution is 5.85. The first-order valence-corrected chi connectivity index (χ1v) is 8.29. The number of H-pyrrole nitrogens is 1. The maximum Gasteiger partial charge on any atom is 0.213 e. The molecule has 1 aromatic carbocycles. The van der Waals surface area contributed by atoms with Crippen LogP contribution in [-0.2, 0) is 6.42 Å². The summed E-state index contributed by atoms with van der Waals surface area (Å²) in [5.74, 6) is 1.11. The van der Waals surface area contributed by atoms with Gasteiger partial charge in [0.2, 0.25) is 5.88 Å². The molecule has 2 aromatic heterocycles. The minimum absolute atomic E-state index is 0.119. The van der Waals surface area contributed by atoms with Gasteiger partial charge >= 0.3 is 0 Å². The summed E-state index contributed by atoms with van der Waals surface area (Å²) in [5.41, 5.74) is 4.06. The Balaban J connectivity index is 1.55. The van der Waals surface area contributed by atoms with Crippen molar-refractivity contribution < 1.29 is 4.74 Å². The largest absolute Gasteiger partial charge is 0.472 e. The van der Waals surface area contributed by atoms with E-state index < -0.39 is 0 Å². The van der Waals surface area contributed by atoms with Crippen molar-refractivity contribution in [1.82, 2.24) is 15.3 Å². The number of aromatic amines is 1. The topological polar surface area (TPSA) is 49.9 Å². The lowest BCUT2D eigenvalue weighted by Crippen LogP contribution is -2.51. The van der Waals surface area contributed by atoms with Crippen LogP contribution >= 0.6 is 0 Å². The fourth-order valence-electron chi connectivity index (χ4n) is 4.13. The summed E-state index contributed by atoms with van der Waals surface area (Å²) in [6.07, 6.45) is 4.13. The number of hydrogen-bond donors (Lipinski definition) is 2. The third-order valence-electron chi connectivity index (χ3n) is 5.17. The molecule has 0 spiro atoms. The van der Waals surface area contributed by atoms with E-state index in [1.165, 1.54) is 22.2 Å². The average molecular weight is 305 g/mol. The maximum absolute atomic E-state index is 6.20. The quantitative estimate of drug-likeness (QED) is 0.765. The summed E-state index contributed by atoms with van der Waals surface area (Å²) in [6.45, 7) is 0.876. The predicted octanol–water partition coefficient (Wildman–Crippen LogP) is 3.01. The van der Waals surface area contributed by atoms with Gasteiger partial charge in [-0.25, -0.2) is 4.98 Å². The molecule has 5 rings (SSSR count). The summed E-state index contributed by atoms with van der Waals surface area (Å²) in [6, 6.07) is 15.0. The van der Waals surface area contributed by atoms with Gasteiger partial charge in [0.05, 0.1) is 0 Å². The first kappa shape index (κ1) is 13.1. The SMILES string of the molecule is c1ccc(O[C@H]2CNC3Cc4c([nH]c5ccccc45)C2C3)nc1. The van der Waals surface area contributed by atoms with Crippen LogP contribution in [0.25, 0.3) is 10.9 Å². The summed E-state index contributed by atoms with van der Waals surface area (Å²) in [7, 11) is 0. The lowest BCUT2D eigenvalue weighted by molar-refractivity contribution is 0.111. The van der Waals surface area contributed by atoms with Gasteiger partial charge in [-0.15, -0.1) is 0 Å². The molecule has 116 valence electrons. The molecule has 2 unspecified atom stereocenters. The first-order chi connectivity index (χ1) is 11.4. The van der Waals surface area contributed by atoms with Crippen molar-refractivity contribution >= 4 is 10.9 Å². The van der Waals surface area contributed by atoms with Gasteiger partial charge in [0.15, 0.2) is 0 Å². The number of pyridine rings is 1. The van der Waals surface area contributed by atoms with Crippen LogP contribution in [0.2, 0.25) is 0 Å². The summed E-state index contributed by atoms with van der Waals surface area (Å²) >= 11 is 0. The molecule has 0 saturated carbocycles. The molecule has 1 aliphatic heterocycles. The van der Waals surface area contributed by atoms with Crippen LogP contribution in [0.1, 0.15) is 23.6 Å². The number of benzene rings is 1. The Morgan fingerprint density at radius 2 is 2.00 bits per heavy atom. The number of nitrogens with one attached hydrogen (secondary N) is 2. The summed E-state index contributed by atoms with van der Waals surface area (Å²) in [5, 5.41) is 5.01. The maximum atomic E-state index is 6.20. The van der Waals surface area contributed by atoms with Crippen molar-refractivity contribution in [2.45, 2.75) is 30.9 Å². The monoisotopic (exact) mass is 305 g/mol. The minimum atomic E-state index is 0.119. The zero-order chi connectivity index (χ0) is 15.2. The second-order valence-electron chi connectivity index (χ2n) is 6.54. The van der Waals surface area contributed by atoms with Gasteiger partial charge in [-0.05, 0) is 30.5 Å². The van der Waals surface area contributed by atoms with Crippen molar-refractivity contribution in [3.63, 3.8) is 0 Å². The van der Waals surface area contributed by atoms with Gasteiger partial charge in [0.25, 0.3) is 0 Å². The molecular formula is C19H19N3O. The third-order valence-corrected chi connectivity index (χ3v) is 5.17. The third kappa shape index (κ3) is 2.13. The molecule has 0 radical (unpaired) electrons. The van der Waals surface area contributed by atoms with Crippen molar-refractivity contribution in [3.8, 4) is 5.88 Å². The van der Waals surface area contributed by atoms with Crippen LogP contribution in [0, 0.1) is 0 Å². The lowest BCUT2D eigenvalue weighted by atomic mass is 9.78. The van der Waals surface area contributed by atoms with Crippen molar-refractivity contribution in [2.75, 3.05) is 6.54 Å². The van der Waals surface area contributed by atoms with Crippen LogP contribution < -0.4 is 10.1 Å². The number of fused-ring (bicyclic) bond motifs is 6. The normalized spacial score (nSPS) is 26.0. The Bertz CT molecular complexity index is 842. The Morgan fingerprint density at radius 3 is 2.91 bits per heavy atom. The summed E-state index contributed by atoms with van der Waals surface area (Å²) in [4.78, 5) is 7.98. The standard InChI is InChI=1S/C19H19N3O/c1-2-6-16-13(5-1)14-9-12-10-15(19(14)22-16)17(11-21-12)23-18-7-3-4-8-20-18/h1-8,12,15,17,21-22H,9-11H2/t12?,15?,17-/m0/s1. The zero-order valence-electron chi connectivity index (χ0n) is 12.8. The van der Waals surface area contributed by atoms with E-state index in [1.54, 1.807) is 6.20 Å². The van der Waals surface area contributed by atoms with E-state index in [-0.39, 0.29) is 6.10 Å². The van der Waals surface area contributed by atoms with Crippen LogP contribution in [0.4, 0.5) is 0 Å². The molecule has 3 aromatic rings. The highest BCUT2D eigenvalue weighted by Gasteiger charge is 2.39. The highest BCUT2D eigenvalue weighted by atomic mass is 16.5. The highest BCUT2D eigenvalue weighted by Crippen LogP contribution is 2.40. The van der Waals surface area contributed by atoms with Gasteiger partial charge < -0.3 is 15.0 Å². The number of ether oxygens (including phenoxy) is 1. The number of piperidine rings is 1. The van der Waals surface area contributed by atoms with Crippen LogP contribution in [0.3, 0.4) is 0 Å². The van der Waals surface area contributed by atoms with E-state index in [0.29, 0.717) is 17.8 Å². The smallest absolute Gasteiger partial charge is 0.213 e. The van der Waals surface area contributed by atoms with Crippen LogP contribution in [0.5, 0.6) is 5.88 Å². The lowest BCUT2D eigenvalue weighted by Gasteiger charge is -2.40. The van der Waals surface area contributed by atoms with Gasteiger partial charge in [-0.3, -0.25) is 0 Å². The second kappa shape index (κ2) is 5.10. The van der Waals surface area contributed by atoms with E-state index in [1.807, 2.05) is 18.2 Å². The molecule has 3 atom stereocenters. The number of hydrogen-bond acceptors (Lipinski definition) is 3. The molecule has 1 aliphatic carbocycles. The summed E-state index contributed by atoms with van der Waals surface area (Å²) < 4.78 is 6.20. The number of rotatable bonds is 2. The van der Waals surface area contributed by atoms with Gasteiger partial charge in [-0.1, -0.05) is 24.3 Å². The number of nitrogens with zero attached hydrogens (tertiary/aromatic N) is 1. The van der Waals surface area contributed by atoms with Crippen LogP contribution in [0.15, 0.2) is 48.7 Å². The molecular weight excluding hydrogens is 286 g/mol. The van der Waals surface area contributed by atoms with Crippen LogP contribution in [-0.4, -0.2) is 28.7 Å². The second-order valence-corrected chi connectivity index (χ2v) is 6.54. The van der Waals surface area contributed by atoms with E-state index >= 15 is 0 Å². The molecule has 2 N–H and O–H groups in total. The predicted molar refractivity (Wildman–Crippen MR) is 89.8 cm³/mol. The fourth-order valence-corrected chi connectivity index (χ4v) is 4.13. The molecule has 3 heterocycles. The molecule has 0 amide bonds. The van der Waals surface area contributed by atoms with Gasteiger partial charge in [0, 0.05) is 47.4 Å². The Morgan fingerprint density at radius 1 is 1.09 bits per heavy atom. The van der Waals surface area contributed by atoms with Gasteiger partial charge in [0.1, 0.15) is 6.10 Å². The molecule has 1 fully saturated rings. The van der Waals surface area contributed by atoms with Crippen molar-refractivity contribution in [2.24, 2.45) is 0 Å². The Labute approximate surface area is 134 Å². The first-order valence-electron chi connectivity index (χ1n) is 8.29. The van der Waals surface area contributed by atoms with E-state index in [4.69, 9.17) is 4.74 Å². The molecule has 2 aliphatic rings.